The van der Waals surface area contributed by atoms with Gasteiger partial charge in [0.05, 0.1) is 0 Å². The number of hydrogen-bond donors (Lipinski definition) is 1. The van der Waals surface area contributed by atoms with Crippen molar-refractivity contribution < 1.29 is 9.59 Å². The maximum Gasteiger partial charge on any atom is 0.229 e. The van der Waals surface area contributed by atoms with Gasteiger partial charge in [0.25, 0.3) is 0 Å². The third-order valence-corrected chi connectivity index (χ3v) is 5.86. The summed E-state index contributed by atoms with van der Waals surface area (Å²) in [5, 5.41) is 3.64. The average Bonchev–Trinajstić information content (AvgIpc) is 2.71. The van der Waals surface area contributed by atoms with E-state index >= 15 is 0 Å². The Labute approximate surface area is 165 Å². The Kier molecular flexibility index (Phi) is 6.17. The fourth-order valence-electron chi connectivity index (χ4n) is 3.63. The first kappa shape index (κ1) is 19.4. The van der Waals surface area contributed by atoms with Gasteiger partial charge in [0.2, 0.25) is 11.8 Å². The summed E-state index contributed by atoms with van der Waals surface area (Å²) in [4.78, 5) is 27.1. The van der Waals surface area contributed by atoms with E-state index < -0.39 is 0 Å². The Morgan fingerprint density at radius 1 is 0.963 bits per heavy atom. The molecule has 0 saturated heterocycles. The molecule has 5 heteroatoms. The van der Waals surface area contributed by atoms with Crippen LogP contribution in [-0.4, -0.2) is 18.9 Å². The lowest BCUT2D eigenvalue weighted by Gasteiger charge is -2.30. The minimum Gasteiger partial charge on any atom is -0.326 e. The normalized spacial score (nSPS) is 19.4. The number of benzene rings is 2. The minimum atomic E-state index is -0.0607. The van der Waals surface area contributed by atoms with Crippen molar-refractivity contribution in [3.63, 3.8) is 0 Å². The van der Waals surface area contributed by atoms with Gasteiger partial charge >= 0.3 is 0 Å². The van der Waals surface area contributed by atoms with Gasteiger partial charge in [0, 0.05) is 35.3 Å². The number of halogens is 1. The van der Waals surface area contributed by atoms with E-state index in [2.05, 4.69) is 5.32 Å². The van der Waals surface area contributed by atoms with Crippen LogP contribution < -0.4 is 10.2 Å². The molecular formula is C22H25ClN2O2. The van der Waals surface area contributed by atoms with Crippen molar-refractivity contribution in [2.75, 3.05) is 17.3 Å². The Bertz CT molecular complexity index is 814. The van der Waals surface area contributed by atoms with Crippen LogP contribution in [0.5, 0.6) is 0 Å². The van der Waals surface area contributed by atoms with Crippen molar-refractivity contribution in [1.29, 1.82) is 0 Å². The van der Waals surface area contributed by atoms with Crippen molar-refractivity contribution in [2.45, 2.75) is 32.6 Å². The Morgan fingerprint density at radius 3 is 2.26 bits per heavy atom. The van der Waals surface area contributed by atoms with Crippen molar-refractivity contribution in [3.8, 4) is 0 Å². The number of carbonyl (C=O) groups excluding carboxylic acids is 2. The van der Waals surface area contributed by atoms with Crippen LogP contribution in [0.25, 0.3) is 0 Å². The zero-order valence-electron chi connectivity index (χ0n) is 15.7. The fraction of sp³-hybridized carbons (Fsp3) is 0.364. The molecule has 142 valence electrons. The van der Waals surface area contributed by atoms with Crippen LogP contribution in [0.15, 0.2) is 48.5 Å². The first-order chi connectivity index (χ1) is 13.0. The highest BCUT2D eigenvalue weighted by Crippen LogP contribution is 2.32. The molecule has 2 aromatic carbocycles. The highest BCUT2D eigenvalue weighted by Gasteiger charge is 2.31. The summed E-state index contributed by atoms with van der Waals surface area (Å²) in [6, 6.07) is 15.2. The quantitative estimate of drug-likeness (QED) is 0.801. The Hall–Kier alpha value is -2.33. The molecule has 0 bridgehead atoms. The zero-order valence-corrected chi connectivity index (χ0v) is 16.5. The van der Waals surface area contributed by atoms with Crippen molar-refractivity contribution in [3.05, 3.63) is 59.1 Å². The van der Waals surface area contributed by atoms with Crippen molar-refractivity contribution in [1.82, 2.24) is 0 Å². The number of nitrogens with zero attached hydrogens (tertiary/aromatic N) is 1. The summed E-state index contributed by atoms with van der Waals surface area (Å²) in [6.45, 7) is 1.90. The molecule has 2 aromatic rings. The predicted molar refractivity (Wildman–Crippen MR) is 110 cm³/mol. The third kappa shape index (κ3) is 4.51. The smallest absolute Gasteiger partial charge is 0.229 e. The van der Waals surface area contributed by atoms with Gasteiger partial charge in [-0.05, 0) is 62.4 Å². The predicted octanol–water partition coefficient (Wildman–Crippen LogP) is 5.06. The lowest BCUT2D eigenvalue weighted by molar-refractivity contribution is -0.126. The van der Waals surface area contributed by atoms with E-state index in [-0.39, 0.29) is 23.7 Å². The Morgan fingerprint density at radius 2 is 1.59 bits per heavy atom. The summed E-state index contributed by atoms with van der Waals surface area (Å²) in [7, 11) is 1.82. The van der Waals surface area contributed by atoms with E-state index in [0.717, 1.165) is 42.6 Å². The molecule has 1 N–H and O–H groups in total. The molecule has 1 aliphatic rings. The molecule has 1 saturated carbocycles. The fourth-order valence-corrected chi connectivity index (χ4v) is 3.81. The number of hydrogen-bond acceptors (Lipinski definition) is 2. The van der Waals surface area contributed by atoms with E-state index in [0.29, 0.717) is 5.02 Å². The summed E-state index contributed by atoms with van der Waals surface area (Å²) in [6.07, 6.45) is 2.93. The van der Waals surface area contributed by atoms with E-state index in [4.69, 9.17) is 11.6 Å². The van der Waals surface area contributed by atoms with Crippen LogP contribution in [0.2, 0.25) is 5.02 Å². The van der Waals surface area contributed by atoms with E-state index in [1.165, 1.54) is 0 Å². The van der Waals surface area contributed by atoms with Crippen molar-refractivity contribution >= 4 is 34.8 Å². The van der Waals surface area contributed by atoms with Gasteiger partial charge in [-0.2, -0.15) is 0 Å². The monoisotopic (exact) mass is 384 g/mol. The van der Waals surface area contributed by atoms with Crippen LogP contribution in [0.4, 0.5) is 11.4 Å². The topological polar surface area (TPSA) is 49.4 Å². The van der Waals surface area contributed by atoms with E-state index in [1.807, 2.05) is 62.5 Å². The molecule has 1 fully saturated rings. The first-order valence-corrected chi connectivity index (χ1v) is 9.73. The molecule has 0 aliphatic heterocycles. The average molecular weight is 385 g/mol. The number of nitrogens with one attached hydrogen (secondary N) is 1. The largest absolute Gasteiger partial charge is 0.326 e. The molecule has 3 rings (SSSR count). The van der Waals surface area contributed by atoms with Gasteiger partial charge in [-0.3, -0.25) is 9.59 Å². The highest BCUT2D eigenvalue weighted by molar-refractivity contribution is 6.31. The maximum absolute atomic E-state index is 12.8. The van der Waals surface area contributed by atoms with Crippen LogP contribution in [0, 0.1) is 18.8 Å². The van der Waals surface area contributed by atoms with Gasteiger partial charge < -0.3 is 10.2 Å². The summed E-state index contributed by atoms with van der Waals surface area (Å²) >= 11 is 6.12. The molecule has 1 aliphatic carbocycles. The summed E-state index contributed by atoms with van der Waals surface area (Å²) in [5.74, 6) is 0.0649. The molecule has 0 radical (unpaired) electrons. The molecule has 0 heterocycles. The molecule has 0 spiro atoms. The van der Waals surface area contributed by atoms with Crippen LogP contribution in [0.3, 0.4) is 0 Å². The first-order valence-electron chi connectivity index (χ1n) is 9.36. The number of carbonyl (C=O) groups is 2. The lowest BCUT2D eigenvalue weighted by Crippen LogP contribution is -2.36. The van der Waals surface area contributed by atoms with Gasteiger partial charge in [-0.25, -0.2) is 0 Å². The third-order valence-electron chi connectivity index (χ3n) is 5.45. The van der Waals surface area contributed by atoms with E-state index in [9.17, 15) is 9.59 Å². The molecule has 27 heavy (non-hydrogen) atoms. The number of para-hydroxylation sites is 1. The van der Waals surface area contributed by atoms with Gasteiger partial charge in [0.15, 0.2) is 0 Å². The van der Waals surface area contributed by atoms with Crippen LogP contribution in [-0.2, 0) is 9.59 Å². The standard InChI is InChI=1S/C22H25ClN2O2/c1-15-19(23)9-6-10-20(15)24-21(26)16-11-13-17(14-12-16)22(27)25(2)18-7-4-3-5-8-18/h3-10,16-17H,11-14H2,1-2H3,(H,24,26). The highest BCUT2D eigenvalue weighted by atomic mass is 35.5. The number of amides is 2. The summed E-state index contributed by atoms with van der Waals surface area (Å²) < 4.78 is 0. The van der Waals surface area contributed by atoms with Gasteiger partial charge in [0.1, 0.15) is 0 Å². The molecule has 2 amide bonds. The molecule has 0 unspecified atom stereocenters. The zero-order chi connectivity index (χ0) is 19.4. The lowest BCUT2D eigenvalue weighted by atomic mass is 9.81. The number of rotatable bonds is 4. The molecule has 0 atom stereocenters. The van der Waals surface area contributed by atoms with Crippen LogP contribution >= 0.6 is 11.6 Å². The van der Waals surface area contributed by atoms with E-state index in [1.54, 1.807) is 4.90 Å². The SMILES string of the molecule is Cc1c(Cl)cccc1NC(=O)C1CCC(C(=O)N(C)c2ccccc2)CC1. The molecule has 4 nitrogen and oxygen atoms in total. The minimum absolute atomic E-state index is 0.0164. The second-order valence-electron chi connectivity index (χ2n) is 7.18. The number of anilines is 2. The second-order valence-corrected chi connectivity index (χ2v) is 7.59. The summed E-state index contributed by atoms with van der Waals surface area (Å²) in [5.41, 5.74) is 2.54. The van der Waals surface area contributed by atoms with Gasteiger partial charge in [-0.15, -0.1) is 0 Å². The maximum atomic E-state index is 12.8. The second kappa shape index (κ2) is 8.57. The molecule has 0 aromatic heterocycles. The van der Waals surface area contributed by atoms with Crippen molar-refractivity contribution in [2.24, 2.45) is 11.8 Å². The Balaban J connectivity index is 1.56. The molecular weight excluding hydrogens is 360 g/mol. The van der Waals surface area contributed by atoms with Crippen LogP contribution in [0.1, 0.15) is 31.2 Å². The van der Waals surface area contributed by atoms with Gasteiger partial charge in [-0.1, -0.05) is 35.9 Å².